The van der Waals surface area contributed by atoms with Crippen LogP contribution in [0.3, 0.4) is 0 Å². The molecule has 4 heteroatoms. The average molecular weight is 293 g/mol. The molecular formula is C16H21ClN2O. The van der Waals surface area contributed by atoms with Crippen molar-refractivity contribution in [2.45, 2.75) is 44.6 Å². The summed E-state index contributed by atoms with van der Waals surface area (Å²) < 4.78 is 0. The Kier molecular flexibility index (Phi) is 3.88. The van der Waals surface area contributed by atoms with Crippen LogP contribution in [-0.2, 0) is 0 Å². The van der Waals surface area contributed by atoms with Gasteiger partial charge in [-0.3, -0.25) is 4.79 Å². The molecule has 1 aliphatic heterocycles. The normalized spacial score (nSPS) is 26.1. The number of nitrogen functional groups attached to an aromatic ring is 1. The minimum absolute atomic E-state index is 0.116. The fourth-order valence-corrected chi connectivity index (χ4v) is 3.84. The van der Waals surface area contributed by atoms with Gasteiger partial charge in [-0.1, -0.05) is 24.4 Å². The highest BCUT2D eigenvalue weighted by Crippen LogP contribution is 2.36. The van der Waals surface area contributed by atoms with Crippen LogP contribution in [0.2, 0.25) is 5.02 Å². The SMILES string of the molecule is Nc1cc(C(=O)N2CCC[C@H]3CCCC[C@H]32)ccc1Cl. The Labute approximate surface area is 125 Å². The minimum Gasteiger partial charge on any atom is -0.398 e. The van der Waals surface area contributed by atoms with Gasteiger partial charge in [0.25, 0.3) is 5.91 Å². The molecule has 3 nitrogen and oxygen atoms in total. The van der Waals surface area contributed by atoms with Crippen LogP contribution in [0.5, 0.6) is 0 Å². The highest BCUT2D eigenvalue weighted by atomic mass is 35.5. The molecule has 2 aliphatic rings. The first-order valence-electron chi connectivity index (χ1n) is 7.53. The van der Waals surface area contributed by atoms with Crippen LogP contribution >= 0.6 is 11.6 Å². The monoisotopic (exact) mass is 292 g/mol. The molecule has 0 radical (unpaired) electrons. The number of anilines is 1. The zero-order valence-corrected chi connectivity index (χ0v) is 12.4. The van der Waals surface area contributed by atoms with Crippen LogP contribution in [-0.4, -0.2) is 23.4 Å². The summed E-state index contributed by atoms with van der Waals surface area (Å²) in [5.41, 5.74) is 6.96. The maximum atomic E-state index is 12.7. The molecule has 1 aromatic rings. The first-order valence-corrected chi connectivity index (χ1v) is 7.90. The van der Waals surface area contributed by atoms with Gasteiger partial charge in [0.2, 0.25) is 0 Å². The van der Waals surface area contributed by atoms with Crippen molar-refractivity contribution in [3.63, 3.8) is 0 Å². The Hall–Kier alpha value is -1.22. The number of carbonyl (C=O) groups is 1. The predicted octanol–water partition coefficient (Wildman–Crippen LogP) is 3.72. The molecule has 2 fully saturated rings. The summed E-state index contributed by atoms with van der Waals surface area (Å²) >= 11 is 5.93. The molecule has 0 spiro atoms. The topological polar surface area (TPSA) is 46.3 Å². The van der Waals surface area contributed by atoms with Gasteiger partial charge in [-0.15, -0.1) is 0 Å². The van der Waals surface area contributed by atoms with E-state index in [0.29, 0.717) is 28.2 Å². The van der Waals surface area contributed by atoms with Gasteiger partial charge in [0, 0.05) is 18.2 Å². The fraction of sp³-hybridized carbons (Fsp3) is 0.562. The Morgan fingerprint density at radius 2 is 1.95 bits per heavy atom. The second-order valence-corrected chi connectivity index (χ2v) is 6.40. The number of carbonyl (C=O) groups excluding carboxylic acids is 1. The van der Waals surface area contributed by atoms with E-state index in [9.17, 15) is 4.79 Å². The van der Waals surface area contributed by atoms with Gasteiger partial charge in [0.05, 0.1) is 10.7 Å². The minimum atomic E-state index is 0.116. The Morgan fingerprint density at radius 1 is 1.20 bits per heavy atom. The van der Waals surface area contributed by atoms with Crippen molar-refractivity contribution in [1.29, 1.82) is 0 Å². The molecule has 1 saturated heterocycles. The summed E-state index contributed by atoms with van der Waals surface area (Å²) in [6, 6.07) is 5.64. The van der Waals surface area contributed by atoms with E-state index in [-0.39, 0.29) is 5.91 Å². The van der Waals surface area contributed by atoms with Crippen molar-refractivity contribution in [3.8, 4) is 0 Å². The van der Waals surface area contributed by atoms with Crippen molar-refractivity contribution in [2.75, 3.05) is 12.3 Å². The smallest absolute Gasteiger partial charge is 0.254 e. The molecule has 0 bridgehead atoms. The number of rotatable bonds is 1. The highest BCUT2D eigenvalue weighted by Gasteiger charge is 2.35. The molecule has 1 aliphatic carbocycles. The first kappa shape index (κ1) is 13.7. The standard InChI is InChI=1S/C16H21ClN2O/c17-13-8-7-12(10-14(13)18)16(20)19-9-3-5-11-4-1-2-6-15(11)19/h7-8,10-11,15H,1-6,9,18H2/t11-,15-/m1/s1. The van der Waals surface area contributed by atoms with E-state index < -0.39 is 0 Å². The molecule has 108 valence electrons. The number of piperidine rings is 1. The van der Waals surface area contributed by atoms with Gasteiger partial charge >= 0.3 is 0 Å². The summed E-state index contributed by atoms with van der Waals surface area (Å²) in [7, 11) is 0. The Balaban J connectivity index is 1.83. The van der Waals surface area contributed by atoms with Crippen LogP contribution in [0.25, 0.3) is 0 Å². The zero-order valence-electron chi connectivity index (χ0n) is 11.6. The number of hydrogen-bond acceptors (Lipinski definition) is 2. The van der Waals surface area contributed by atoms with Crippen LogP contribution < -0.4 is 5.73 Å². The van der Waals surface area contributed by atoms with E-state index in [0.717, 1.165) is 19.4 Å². The maximum Gasteiger partial charge on any atom is 0.254 e. The fourth-order valence-electron chi connectivity index (χ4n) is 3.72. The van der Waals surface area contributed by atoms with Crippen molar-refractivity contribution in [2.24, 2.45) is 5.92 Å². The van der Waals surface area contributed by atoms with Gasteiger partial charge in [-0.05, 0) is 49.8 Å². The second kappa shape index (κ2) is 5.65. The van der Waals surface area contributed by atoms with Crippen molar-refractivity contribution < 1.29 is 4.79 Å². The predicted molar refractivity (Wildman–Crippen MR) is 81.9 cm³/mol. The van der Waals surface area contributed by atoms with E-state index in [1.807, 2.05) is 0 Å². The third-order valence-electron chi connectivity index (χ3n) is 4.75. The average Bonchev–Trinajstić information content (AvgIpc) is 2.49. The second-order valence-electron chi connectivity index (χ2n) is 5.99. The van der Waals surface area contributed by atoms with Crippen molar-refractivity contribution >= 4 is 23.2 Å². The molecule has 20 heavy (non-hydrogen) atoms. The third-order valence-corrected chi connectivity index (χ3v) is 5.09. The van der Waals surface area contributed by atoms with Crippen molar-refractivity contribution in [3.05, 3.63) is 28.8 Å². The summed E-state index contributed by atoms with van der Waals surface area (Å²) in [4.78, 5) is 14.8. The van der Waals surface area contributed by atoms with Crippen LogP contribution in [0.1, 0.15) is 48.9 Å². The summed E-state index contributed by atoms with van der Waals surface area (Å²) in [6.07, 6.45) is 7.38. The van der Waals surface area contributed by atoms with E-state index in [1.54, 1.807) is 18.2 Å². The van der Waals surface area contributed by atoms with E-state index in [4.69, 9.17) is 17.3 Å². The lowest BCUT2D eigenvalue weighted by atomic mass is 9.78. The highest BCUT2D eigenvalue weighted by molar-refractivity contribution is 6.33. The van der Waals surface area contributed by atoms with Gasteiger partial charge < -0.3 is 10.6 Å². The number of amides is 1. The molecule has 1 amide bonds. The van der Waals surface area contributed by atoms with Gasteiger partial charge in [-0.25, -0.2) is 0 Å². The maximum absolute atomic E-state index is 12.7. The lowest BCUT2D eigenvalue weighted by Crippen LogP contribution is -2.49. The first-order chi connectivity index (χ1) is 9.66. The van der Waals surface area contributed by atoms with Crippen molar-refractivity contribution in [1.82, 2.24) is 4.90 Å². The molecule has 3 rings (SSSR count). The summed E-state index contributed by atoms with van der Waals surface area (Å²) in [5, 5.41) is 0.510. The molecule has 1 heterocycles. The molecule has 0 unspecified atom stereocenters. The summed E-state index contributed by atoms with van der Waals surface area (Å²) in [6.45, 7) is 0.878. The molecular weight excluding hydrogens is 272 g/mol. The van der Waals surface area contributed by atoms with E-state index in [2.05, 4.69) is 4.90 Å². The number of nitrogens with zero attached hydrogens (tertiary/aromatic N) is 1. The number of hydrogen-bond donors (Lipinski definition) is 1. The van der Waals surface area contributed by atoms with Crippen LogP contribution in [0, 0.1) is 5.92 Å². The third kappa shape index (κ3) is 2.51. The molecule has 1 aromatic carbocycles. The molecule has 1 saturated carbocycles. The largest absolute Gasteiger partial charge is 0.398 e. The van der Waals surface area contributed by atoms with E-state index >= 15 is 0 Å². The van der Waals surface area contributed by atoms with E-state index in [1.165, 1.54) is 25.7 Å². The van der Waals surface area contributed by atoms with Gasteiger partial charge in [0.15, 0.2) is 0 Å². The molecule has 0 aromatic heterocycles. The van der Waals surface area contributed by atoms with Crippen LogP contribution in [0.15, 0.2) is 18.2 Å². The Bertz CT molecular complexity index is 515. The number of halogens is 1. The number of benzene rings is 1. The molecule has 2 N–H and O–H groups in total. The van der Waals surface area contributed by atoms with Crippen LogP contribution in [0.4, 0.5) is 5.69 Å². The van der Waals surface area contributed by atoms with Gasteiger partial charge in [0.1, 0.15) is 0 Å². The summed E-state index contributed by atoms with van der Waals surface area (Å²) in [5.74, 6) is 0.816. The molecule has 2 atom stereocenters. The van der Waals surface area contributed by atoms with Gasteiger partial charge in [-0.2, -0.15) is 0 Å². The zero-order chi connectivity index (χ0) is 14.1. The lowest BCUT2D eigenvalue weighted by molar-refractivity contribution is 0.0391. The number of nitrogens with two attached hydrogens (primary N) is 1. The Morgan fingerprint density at radius 3 is 2.75 bits per heavy atom. The quantitative estimate of drug-likeness (QED) is 0.802. The number of fused-ring (bicyclic) bond motifs is 1. The lowest BCUT2D eigenvalue weighted by Gasteiger charge is -2.44. The number of likely N-dealkylation sites (tertiary alicyclic amines) is 1.